The molecule has 0 radical (unpaired) electrons. The largest absolute Gasteiger partial charge is 0.309 e. The number of halogens is 1. The van der Waals surface area contributed by atoms with Gasteiger partial charge < -0.3 is 9.13 Å². The van der Waals surface area contributed by atoms with E-state index in [2.05, 4.69) is 217 Å². The second-order valence-electron chi connectivity index (χ2n) is 13.6. The predicted molar refractivity (Wildman–Crippen MR) is 228 cm³/mol. The fraction of sp³-hybridized carbons (Fsp3) is 0. The van der Waals surface area contributed by atoms with E-state index in [1.807, 2.05) is 0 Å². The Kier molecular flexibility index (Phi) is 6.52. The molecular weight excluding hydrogens is 745 g/mol. The van der Waals surface area contributed by atoms with Crippen LogP contribution in [-0.4, -0.2) is 11.9 Å². The van der Waals surface area contributed by atoms with E-state index in [1.165, 1.54) is 93.4 Å². The van der Waals surface area contributed by atoms with Crippen molar-refractivity contribution in [1.29, 1.82) is 0 Å². The van der Waals surface area contributed by atoms with Crippen molar-refractivity contribution >= 4 is 88.3 Å². The van der Waals surface area contributed by atoms with Crippen LogP contribution < -0.4 is 0 Å². The molecule has 0 aliphatic heterocycles. The lowest BCUT2D eigenvalue weighted by molar-refractivity contribution is 1.18. The van der Waals surface area contributed by atoms with E-state index >= 15 is 0 Å². The molecule has 0 saturated heterocycles. The zero-order chi connectivity index (χ0) is 34.3. The number of benzene rings is 8. The van der Waals surface area contributed by atoms with Crippen LogP contribution in [0.4, 0.5) is 0 Å². The molecule has 0 saturated carbocycles. The monoisotopic (exact) mass is 775 g/mol. The van der Waals surface area contributed by atoms with Crippen molar-refractivity contribution in [2.24, 2.45) is 0 Å². The third-order valence-electron chi connectivity index (χ3n) is 10.8. The van der Waals surface area contributed by atoms with Crippen molar-refractivity contribution in [2.75, 3.05) is 0 Å². The molecule has 3 aromatic heterocycles. The van der Waals surface area contributed by atoms with Crippen LogP contribution in [0.5, 0.6) is 0 Å². The first-order valence-electron chi connectivity index (χ1n) is 17.6. The van der Waals surface area contributed by atoms with Gasteiger partial charge in [-0.3, -0.25) is 2.78 Å². The van der Waals surface area contributed by atoms with Crippen molar-refractivity contribution < 1.29 is 0 Å². The topological polar surface area (TPSA) is 14.8 Å². The first kappa shape index (κ1) is 29.6. The lowest BCUT2D eigenvalue weighted by Crippen LogP contribution is -1.95. The molecule has 0 aliphatic carbocycles. The number of fused-ring (bicyclic) bond motifs is 9. The van der Waals surface area contributed by atoms with Gasteiger partial charge in [-0.05, 0) is 71.3 Å². The second-order valence-corrected chi connectivity index (χ2v) is 14.5. The number of nitrogens with zero attached hydrogens (tertiary/aromatic N) is 3. The van der Waals surface area contributed by atoms with Crippen molar-refractivity contribution in [3.05, 3.63) is 182 Å². The number of rotatable bonds is 4. The van der Waals surface area contributed by atoms with Crippen LogP contribution in [-0.2, 0) is 0 Å². The highest BCUT2D eigenvalue weighted by molar-refractivity contribution is 14.1. The minimum atomic E-state index is 1.15. The summed E-state index contributed by atoms with van der Waals surface area (Å²) in [7, 11) is 0. The smallest absolute Gasteiger partial charge is 0.0646 e. The van der Waals surface area contributed by atoms with Gasteiger partial charge in [0, 0.05) is 49.3 Å². The molecule has 0 spiro atoms. The molecule has 3 heterocycles. The van der Waals surface area contributed by atoms with Crippen LogP contribution in [0, 0.1) is 0 Å². The normalized spacial score (nSPS) is 11.9. The number of aromatic nitrogens is 3. The highest BCUT2D eigenvalue weighted by Gasteiger charge is 2.19. The van der Waals surface area contributed by atoms with Gasteiger partial charge in [-0.2, -0.15) is 0 Å². The Hall–Kier alpha value is -6.11. The van der Waals surface area contributed by atoms with Crippen LogP contribution in [0.3, 0.4) is 0 Å². The van der Waals surface area contributed by atoms with Crippen LogP contribution in [0.25, 0.3) is 99.0 Å². The standard InChI is InChI=1S/C48H30IN3/c49-52-44-21-10-8-17-38(44)40-27-24-33(30-47(40)52)36-18-11-19-42-41-26-23-32(29-46(41)51(48(36)42)35-14-5-2-6-15-35)31-22-25-39-37-16-7-9-20-43(37)50(45(39)28-31)34-12-3-1-4-13-34/h1-30H. The summed E-state index contributed by atoms with van der Waals surface area (Å²) >= 11 is 2.45. The average molecular weight is 776 g/mol. The summed E-state index contributed by atoms with van der Waals surface area (Å²) in [6, 6.07) is 66.5. The summed E-state index contributed by atoms with van der Waals surface area (Å²) in [5.41, 5.74) is 14.4. The summed E-state index contributed by atoms with van der Waals surface area (Å²) in [4.78, 5) is 0. The summed E-state index contributed by atoms with van der Waals surface area (Å²) in [6.45, 7) is 0. The molecule has 3 nitrogen and oxygen atoms in total. The maximum atomic E-state index is 2.47. The molecule has 0 aliphatic rings. The fourth-order valence-electron chi connectivity index (χ4n) is 8.42. The summed E-state index contributed by atoms with van der Waals surface area (Å²) < 4.78 is 7.15. The summed E-state index contributed by atoms with van der Waals surface area (Å²) in [5.74, 6) is 0. The van der Waals surface area contributed by atoms with Crippen LogP contribution in [0.1, 0.15) is 0 Å². The van der Waals surface area contributed by atoms with E-state index in [0.29, 0.717) is 0 Å². The molecule has 11 aromatic rings. The molecule has 52 heavy (non-hydrogen) atoms. The minimum Gasteiger partial charge on any atom is -0.309 e. The SMILES string of the molecule is In1c2ccccc2c2ccc(-c3cccc4c5ccc(-c6ccc7c8ccccc8n(-c8ccccc8)c7c6)cc5n(-c5ccccc5)c34)cc21. The Bertz CT molecular complexity index is 3180. The van der Waals surface area contributed by atoms with Gasteiger partial charge in [-0.25, -0.2) is 0 Å². The quantitative estimate of drug-likeness (QED) is 0.158. The van der Waals surface area contributed by atoms with E-state index in [0.717, 1.165) is 5.69 Å². The van der Waals surface area contributed by atoms with Gasteiger partial charge >= 0.3 is 0 Å². The van der Waals surface area contributed by atoms with E-state index in [4.69, 9.17) is 0 Å². The zero-order valence-corrected chi connectivity index (χ0v) is 30.2. The molecular formula is C48H30IN3. The van der Waals surface area contributed by atoms with Gasteiger partial charge in [0.25, 0.3) is 0 Å². The Balaban J connectivity index is 1.16. The third kappa shape index (κ3) is 4.31. The molecule has 11 rings (SSSR count). The fourth-order valence-corrected chi connectivity index (χ4v) is 9.24. The van der Waals surface area contributed by atoms with E-state index in [9.17, 15) is 0 Å². The van der Waals surface area contributed by atoms with Crippen molar-refractivity contribution in [3.63, 3.8) is 0 Å². The molecule has 0 bridgehead atoms. The van der Waals surface area contributed by atoms with Gasteiger partial charge in [-0.1, -0.05) is 127 Å². The molecule has 244 valence electrons. The Morgan fingerprint density at radius 3 is 1.46 bits per heavy atom. The minimum absolute atomic E-state index is 1.15. The van der Waals surface area contributed by atoms with Crippen molar-refractivity contribution in [3.8, 4) is 33.6 Å². The van der Waals surface area contributed by atoms with Crippen LogP contribution in [0.2, 0.25) is 0 Å². The lowest BCUT2D eigenvalue weighted by Gasteiger charge is -2.13. The first-order chi connectivity index (χ1) is 25.7. The Morgan fingerprint density at radius 2 is 0.769 bits per heavy atom. The lowest BCUT2D eigenvalue weighted by atomic mass is 9.99. The summed E-state index contributed by atoms with van der Waals surface area (Å²) in [6.07, 6.45) is 0. The highest BCUT2D eigenvalue weighted by Crippen LogP contribution is 2.42. The van der Waals surface area contributed by atoms with E-state index in [-0.39, 0.29) is 0 Å². The van der Waals surface area contributed by atoms with Crippen LogP contribution in [0.15, 0.2) is 182 Å². The number of hydrogen-bond donors (Lipinski definition) is 0. The molecule has 0 fully saturated rings. The number of para-hydroxylation sites is 5. The number of hydrogen-bond acceptors (Lipinski definition) is 0. The van der Waals surface area contributed by atoms with E-state index < -0.39 is 0 Å². The maximum absolute atomic E-state index is 2.47. The second kappa shape index (κ2) is 11.5. The average Bonchev–Trinajstić information content (AvgIpc) is 3.83. The van der Waals surface area contributed by atoms with E-state index in [1.54, 1.807) is 0 Å². The molecule has 0 unspecified atom stereocenters. The summed E-state index contributed by atoms with van der Waals surface area (Å²) in [5, 5.41) is 7.57. The van der Waals surface area contributed by atoms with Gasteiger partial charge in [0.05, 0.1) is 56.0 Å². The highest BCUT2D eigenvalue weighted by atomic mass is 127. The molecule has 0 amide bonds. The van der Waals surface area contributed by atoms with Gasteiger partial charge in [0.1, 0.15) is 0 Å². The third-order valence-corrected chi connectivity index (χ3v) is 11.8. The Labute approximate surface area is 314 Å². The molecule has 0 N–H and O–H groups in total. The molecule has 0 atom stereocenters. The zero-order valence-electron chi connectivity index (χ0n) is 28.0. The van der Waals surface area contributed by atoms with Gasteiger partial charge in [0.2, 0.25) is 0 Å². The maximum Gasteiger partial charge on any atom is 0.0646 e. The predicted octanol–water partition coefficient (Wildman–Crippen LogP) is 13.5. The van der Waals surface area contributed by atoms with Crippen LogP contribution >= 0.6 is 22.9 Å². The van der Waals surface area contributed by atoms with Gasteiger partial charge in [0.15, 0.2) is 0 Å². The first-order valence-corrected chi connectivity index (χ1v) is 18.6. The Morgan fingerprint density at radius 1 is 0.308 bits per heavy atom. The molecule has 4 heteroatoms. The van der Waals surface area contributed by atoms with Crippen molar-refractivity contribution in [2.45, 2.75) is 0 Å². The molecule has 8 aromatic carbocycles. The van der Waals surface area contributed by atoms with Gasteiger partial charge in [-0.15, -0.1) is 0 Å². The van der Waals surface area contributed by atoms with Crippen molar-refractivity contribution in [1.82, 2.24) is 11.9 Å².